The normalized spacial score (nSPS) is 13.4. The first-order valence-electron chi connectivity index (χ1n) is 5.39. The Morgan fingerprint density at radius 2 is 1.94 bits per heavy atom. The van der Waals surface area contributed by atoms with Crippen molar-refractivity contribution in [1.82, 2.24) is 10.6 Å². The molecular weight excluding hydrogens is 352 g/mol. The van der Waals surface area contributed by atoms with Crippen LogP contribution in [-0.2, 0) is 6.54 Å². The maximum absolute atomic E-state index is 3.56. The summed E-state index contributed by atoms with van der Waals surface area (Å²) in [6.07, 6.45) is 0. The Labute approximate surface area is 118 Å². The molecule has 0 bridgehead atoms. The maximum Gasteiger partial charge on any atom is 0.0755 e. The fourth-order valence-corrected chi connectivity index (χ4v) is 4.09. The minimum Gasteiger partial charge on any atom is -0.313 e. The van der Waals surface area contributed by atoms with Gasteiger partial charge in [0.2, 0.25) is 0 Å². The van der Waals surface area contributed by atoms with Crippen molar-refractivity contribution < 1.29 is 0 Å². The zero-order valence-corrected chi connectivity index (χ0v) is 13.8. The fourth-order valence-electron chi connectivity index (χ4n) is 1.26. The molecule has 0 spiro atoms. The van der Waals surface area contributed by atoms with Crippen molar-refractivity contribution in [3.8, 4) is 0 Å². The molecule has 0 radical (unpaired) electrons. The molecule has 0 aliphatic carbocycles. The summed E-state index contributed by atoms with van der Waals surface area (Å²) < 4.78 is 2.38. The summed E-state index contributed by atoms with van der Waals surface area (Å²) in [6.45, 7) is 8.44. The van der Waals surface area contributed by atoms with Crippen LogP contribution in [0.25, 0.3) is 0 Å². The summed E-state index contributed by atoms with van der Waals surface area (Å²) in [7, 11) is 0. The van der Waals surface area contributed by atoms with Crippen molar-refractivity contribution in [2.75, 3.05) is 6.54 Å². The third kappa shape index (κ3) is 5.27. The van der Waals surface area contributed by atoms with E-state index < -0.39 is 0 Å². The molecule has 1 atom stereocenters. The number of nitrogens with one attached hydrogen (secondary N) is 2. The van der Waals surface area contributed by atoms with Crippen LogP contribution in [-0.4, -0.2) is 18.6 Å². The van der Waals surface area contributed by atoms with Crippen LogP contribution in [0.2, 0.25) is 0 Å². The molecule has 0 aromatic carbocycles. The second kappa shape index (κ2) is 7.11. The molecule has 0 saturated heterocycles. The van der Waals surface area contributed by atoms with E-state index in [4.69, 9.17) is 0 Å². The number of rotatable bonds is 6. The fraction of sp³-hybridized carbons (Fsp3) is 0.636. The molecule has 2 N–H and O–H groups in total. The van der Waals surface area contributed by atoms with Crippen molar-refractivity contribution in [1.29, 1.82) is 0 Å². The average molecular weight is 370 g/mol. The SMILES string of the molecule is CC(C)NCC(C)NCc1cc(Br)sc1Br. The van der Waals surface area contributed by atoms with E-state index in [1.54, 1.807) is 11.3 Å². The van der Waals surface area contributed by atoms with Crippen LogP contribution in [0.4, 0.5) is 0 Å². The highest BCUT2D eigenvalue weighted by atomic mass is 79.9. The first-order valence-corrected chi connectivity index (χ1v) is 7.79. The average Bonchev–Trinajstić information content (AvgIpc) is 2.51. The van der Waals surface area contributed by atoms with Crippen LogP contribution in [0.15, 0.2) is 13.6 Å². The van der Waals surface area contributed by atoms with E-state index in [0.717, 1.165) is 13.1 Å². The molecule has 0 amide bonds. The van der Waals surface area contributed by atoms with Gasteiger partial charge in [-0.1, -0.05) is 13.8 Å². The van der Waals surface area contributed by atoms with Gasteiger partial charge in [0.15, 0.2) is 0 Å². The number of halogens is 2. The molecule has 0 aliphatic heterocycles. The molecule has 2 nitrogen and oxygen atoms in total. The van der Waals surface area contributed by atoms with Crippen molar-refractivity contribution >= 4 is 43.2 Å². The topological polar surface area (TPSA) is 24.1 Å². The van der Waals surface area contributed by atoms with Gasteiger partial charge in [0.1, 0.15) is 0 Å². The third-order valence-electron chi connectivity index (χ3n) is 2.20. The highest BCUT2D eigenvalue weighted by molar-refractivity contribution is 9.12. The highest BCUT2D eigenvalue weighted by Crippen LogP contribution is 2.31. The lowest BCUT2D eigenvalue weighted by Crippen LogP contribution is -2.38. The minimum absolute atomic E-state index is 0.480. The lowest BCUT2D eigenvalue weighted by atomic mass is 10.2. The van der Waals surface area contributed by atoms with Gasteiger partial charge in [-0.2, -0.15) is 0 Å². The van der Waals surface area contributed by atoms with Gasteiger partial charge in [-0.3, -0.25) is 0 Å². The van der Waals surface area contributed by atoms with Gasteiger partial charge in [0.05, 0.1) is 7.57 Å². The molecule has 1 aromatic rings. The van der Waals surface area contributed by atoms with Crippen LogP contribution in [0.3, 0.4) is 0 Å². The number of thiophene rings is 1. The molecule has 0 aliphatic rings. The van der Waals surface area contributed by atoms with Gasteiger partial charge in [0.25, 0.3) is 0 Å². The molecule has 1 aromatic heterocycles. The zero-order chi connectivity index (χ0) is 12.1. The highest BCUT2D eigenvalue weighted by Gasteiger charge is 2.07. The Morgan fingerprint density at radius 1 is 1.25 bits per heavy atom. The summed E-state index contributed by atoms with van der Waals surface area (Å²) in [5.74, 6) is 0. The maximum atomic E-state index is 3.56. The summed E-state index contributed by atoms with van der Waals surface area (Å²) >= 11 is 8.77. The van der Waals surface area contributed by atoms with E-state index in [0.29, 0.717) is 12.1 Å². The van der Waals surface area contributed by atoms with Gasteiger partial charge in [-0.05, 0) is 50.4 Å². The Hall–Kier alpha value is 0.580. The molecule has 16 heavy (non-hydrogen) atoms. The van der Waals surface area contributed by atoms with Crippen LogP contribution < -0.4 is 10.6 Å². The van der Waals surface area contributed by atoms with Gasteiger partial charge in [0, 0.05) is 25.2 Å². The van der Waals surface area contributed by atoms with Gasteiger partial charge in [-0.25, -0.2) is 0 Å². The van der Waals surface area contributed by atoms with E-state index >= 15 is 0 Å². The summed E-state index contributed by atoms with van der Waals surface area (Å²) in [6, 6.07) is 3.18. The monoisotopic (exact) mass is 368 g/mol. The Bertz CT molecular complexity index is 326. The van der Waals surface area contributed by atoms with Crippen LogP contribution in [0, 0.1) is 0 Å². The molecule has 0 fully saturated rings. The zero-order valence-electron chi connectivity index (χ0n) is 9.81. The Morgan fingerprint density at radius 3 is 2.44 bits per heavy atom. The van der Waals surface area contributed by atoms with Gasteiger partial charge in [-0.15, -0.1) is 11.3 Å². The van der Waals surface area contributed by atoms with E-state index in [2.05, 4.69) is 69.3 Å². The predicted octanol–water partition coefficient (Wildman–Crippen LogP) is 3.75. The minimum atomic E-state index is 0.480. The summed E-state index contributed by atoms with van der Waals surface area (Å²) in [4.78, 5) is 0. The Kier molecular flexibility index (Phi) is 6.51. The van der Waals surface area contributed by atoms with Crippen LogP contribution in [0.1, 0.15) is 26.3 Å². The quantitative estimate of drug-likeness (QED) is 0.797. The molecule has 92 valence electrons. The lowest BCUT2D eigenvalue weighted by Gasteiger charge is -2.16. The molecule has 0 saturated carbocycles. The predicted molar refractivity (Wildman–Crippen MR) is 79.2 cm³/mol. The van der Waals surface area contributed by atoms with E-state index in [1.165, 1.54) is 13.1 Å². The standard InChI is InChI=1S/C11H18Br2N2S/c1-7(2)14-5-8(3)15-6-9-4-10(12)16-11(9)13/h4,7-8,14-15H,5-6H2,1-3H3. The molecule has 1 unspecified atom stereocenters. The van der Waals surface area contributed by atoms with E-state index in [-0.39, 0.29) is 0 Å². The summed E-state index contributed by atoms with van der Waals surface area (Å²) in [5.41, 5.74) is 1.31. The number of hydrogen-bond acceptors (Lipinski definition) is 3. The van der Waals surface area contributed by atoms with E-state index in [1.807, 2.05) is 0 Å². The van der Waals surface area contributed by atoms with Gasteiger partial charge >= 0.3 is 0 Å². The largest absolute Gasteiger partial charge is 0.313 e. The lowest BCUT2D eigenvalue weighted by molar-refractivity contribution is 0.474. The van der Waals surface area contributed by atoms with E-state index in [9.17, 15) is 0 Å². The molecule has 1 heterocycles. The summed E-state index contributed by atoms with van der Waals surface area (Å²) in [5, 5.41) is 6.92. The smallest absolute Gasteiger partial charge is 0.0755 e. The van der Waals surface area contributed by atoms with Crippen molar-refractivity contribution in [3.63, 3.8) is 0 Å². The molecular formula is C11H18Br2N2S. The second-order valence-corrected chi connectivity index (χ2v) is 7.94. The number of hydrogen-bond donors (Lipinski definition) is 2. The van der Waals surface area contributed by atoms with Crippen molar-refractivity contribution in [3.05, 3.63) is 19.2 Å². The third-order valence-corrected chi connectivity index (χ3v) is 4.66. The van der Waals surface area contributed by atoms with Crippen LogP contribution >= 0.6 is 43.2 Å². The first kappa shape index (κ1) is 14.6. The Balaban J connectivity index is 2.31. The molecule has 1 rings (SSSR count). The van der Waals surface area contributed by atoms with Crippen molar-refractivity contribution in [2.24, 2.45) is 0 Å². The second-order valence-electron chi connectivity index (χ2n) is 4.19. The van der Waals surface area contributed by atoms with Crippen LogP contribution in [0.5, 0.6) is 0 Å². The van der Waals surface area contributed by atoms with Gasteiger partial charge < -0.3 is 10.6 Å². The van der Waals surface area contributed by atoms with Crippen molar-refractivity contribution in [2.45, 2.75) is 39.4 Å². The first-order chi connectivity index (χ1) is 7.49. The molecule has 5 heteroatoms.